The number of nitrogens with zero attached hydrogens (tertiary/aromatic N) is 1. The molecular formula is C44H92Cl2NOTi. The van der Waals surface area contributed by atoms with Gasteiger partial charge in [-0.15, -0.1) is 13.1 Å². The van der Waals surface area contributed by atoms with Crippen LogP contribution in [0.1, 0.15) is 259 Å². The summed E-state index contributed by atoms with van der Waals surface area (Å²) in [6.07, 6.45) is 51.2. The number of rotatable bonds is 39. The van der Waals surface area contributed by atoms with Crippen molar-refractivity contribution >= 4 is 0 Å². The Morgan fingerprint density at radius 2 is 0.571 bits per heavy atom. The predicted molar refractivity (Wildman–Crippen MR) is 213 cm³/mol. The molecule has 0 aromatic rings. The average Bonchev–Trinajstić information content (AvgIpc) is 3.07. The van der Waals surface area contributed by atoms with E-state index in [0.29, 0.717) is 12.5 Å². The van der Waals surface area contributed by atoms with Crippen LogP contribution in [0.5, 0.6) is 0 Å². The van der Waals surface area contributed by atoms with Crippen molar-refractivity contribution in [1.82, 2.24) is 0 Å². The van der Waals surface area contributed by atoms with Gasteiger partial charge in [-0.3, -0.25) is 0 Å². The summed E-state index contributed by atoms with van der Waals surface area (Å²) in [7, 11) is 0. The molecule has 0 aliphatic heterocycles. The first-order valence-corrected chi connectivity index (χ1v) is 22.0. The van der Waals surface area contributed by atoms with Gasteiger partial charge in [-0.1, -0.05) is 252 Å². The molecule has 0 rings (SSSR count). The summed E-state index contributed by atoms with van der Waals surface area (Å²) in [4.78, 5) is 0. The van der Waals surface area contributed by atoms with Crippen molar-refractivity contribution in [3.63, 3.8) is 0 Å². The van der Waals surface area contributed by atoms with Gasteiger partial charge in [0, 0.05) is 6.61 Å². The fraction of sp³-hybridized carbons (Fsp3) is 1.00. The van der Waals surface area contributed by atoms with Gasteiger partial charge in [0.2, 0.25) is 0 Å². The molecule has 5 heteroatoms. The number of unbranched alkanes of at least 4 members (excludes halogenated alkanes) is 31. The summed E-state index contributed by atoms with van der Waals surface area (Å²) < 4.78 is 0. The van der Waals surface area contributed by atoms with Crippen molar-refractivity contribution in [2.24, 2.45) is 5.92 Å². The minimum atomic E-state index is 0. The van der Waals surface area contributed by atoms with Crippen LogP contribution in [-0.2, 0) is 21.7 Å². The molecule has 0 amide bonds. The van der Waals surface area contributed by atoms with Gasteiger partial charge in [-0.05, 0) is 12.3 Å². The van der Waals surface area contributed by atoms with Crippen molar-refractivity contribution in [3.8, 4) is 0 Å². The van der Waals surface area contributed by atoms with E-state index in [1.807, 2.05) is 0 Å². The Morgan fingerprint density at radius 3 is 0.776 bits per heavy atom. The SMILES string of the molecule is CCCCC(CC)CO.CCCCCCCCCCCCCCCCCC[N-]CCCCCCCCCCCCCCCCCC.[Cl-].[Cl-].[Ti+3]. The van der Waals surface area contributed by atoms with Crippen molar-refractivity contribution in [1.29, 1.82) is 0 Å². The zero-order valence-corrected chi connectivity index (χ0v) is 37.4. The molecule has 0 aliphatic rings. The summed E-state index contributed by atoms with van der Waals surface area (Å²) in [6, 6.07) is 0. The Labute approximate surface area is 339 Å². The second-order valence-electron chi connectivity index (χ2n) is 14.9. The molecule has 0 aliphatic carbocycles. The van der Waals surface area contributed by atoms with Gasteiger partial charge in [-0.2, -0.15) is 0 Å². The molecule has 0 saturated carbocycles. The minimum absolute atomic E-state index is 0. The Balaban J connectivity index is -0.000000469. The van der Waals surface area contributed by atoms with Crippen molar-refractivity contribution in [2.45, 2.75) is 259 Å². The van der Waals surface area contributed by atoms with Crippen molar-refractivity contribution in [2.75, 3.05) is 19.7 Å². The Hall–Kier alpha value is 1.21. The minimum Gasteiger partial charge on any atom is -1.00 e. The Kier molecular flexibility index (Phi) is 71.1. The third kappa shape index (κ3) is 58.7. The van der Waals surface area contributed by atoms with E-state index in [0.717, 1.165) is 19.5 Å². The standard InChI is InChI=1S/C36H74N.C8H18O.2ClH.Ti/c1-3-5-7-9-11-13-15-17-19-21-23-25-27-29-31-33-35-37-36-34-32-30-28-26-24-22-20-18-16-14-12-10-8-6-4-2;1-3-5-6-8(4-2)7-9;;;/h3-36H2,1-2H3;8-9H,3-7H2,1-2H3;2*1H;/q-1;;;;+3/p-2. The summed E-state index contributed by atoms with van der Waals surface area (Å²) in [5.41, 5.74) is 0. The molecule has 0 fully saturated rings. The van der Waals surface area contributed by atoms with Gasteiger partial charge < -0.3 is 35.2 Å². The quantitative estimate of drug-likeness (QED) is 0.0491. The summed E-state index contributed by atoms with van der Waals surface area (Å²) in [6.45, 7) is 11.5. The van der Waals surface area contributed by atoms with Crippen LogP contribution in [0, 0.1) is 5.92 Å². The zero-order valence-electron chi connectivity index (χ0n) is 34.3. The first kappa shape index (κ1) is 59.5. The summed E-state index contributed by atoms with van der Waals surface area (Å²) in [5, 5.41) is 13.5. The molecule has 1 atom stereocenters. The third-order valence-corrected chi connectivity index (χ3v) is 10.1. The molecule has 1 radical (unpaired) electrons. The maximum atomic E-state index is 8.75. The van der Waals surface area contributed by atoms with E-state index in [9.17, 15) is 0 Å². The van der Waals surface area contributed by atoms with Gasteiger partial charge >= 0.3 is 21.7 Å². The van der Waals surface area contributed by atoms with E-state index in [2.05, 4.69) is 27.7 Å². The van der Waals surface area contributed by atoms with Gasteiger partial charge in [0.05, 0.1) is 0 Å². The van der Waals surface area contributed by atoms with E-state index in [1.165, 1.54) is 225 Å². The van der Waals surface area contributed by atoms with E-state index in [-0.39, 0.29) is 46.5 Å². The van der Waals surface area contributed by atoms with Gasteiger partial charge in [0.15, 0.2) is 0 Å². The topological polar surface area (TPSA) is 34.3 Å². The third-order valence-electron chi connectivity index (χ3n) is 10.1. The second-order valence-corrected chi connectivity index (χ2v) is 14.9. The van der Waals surface area contributed by atoms with Crippen LogP contribution in [0.25, 0.3) is 5.32 Å². The van der Waals surface area contributed by atoms with Crippen LogP contribution in [0.3, 0.4) is 0 Å². The number of hydrogen-bond acceptors (Lipinski definition) is 1. The number of hydrogen-bond donors (Lipinski definition) is 1. The Bertz CT molecular complexity index is 462. The second kappa shape index (κ2) is 58.5. The fourth-order valence-electron chi connectivity index (χ4n) is 6.57. The molecule has 0 heterocycles. The van der Waals surface area contributed by atoms with E-state index >= 15 is 0 Å². The molecular weight excluding hydrogens is 677 g/mol. The first-order chi connectivity index (χ1) is 22.8. The smallest absolute Gasteiger partial charge is 1.00 e. The monoisotopic (exact) mass is 769 g/mol. The van der Waals surface area contributed by atoms with Crippen LogP contribution >= 0.6 is 0 Å². The molecule has 1 unspecified atom stereocenters. The molecule has 0 bridgehead atoms. The zero-order chi connectivity index (χ0) is 33.9. The van der Waals surface area contributed by atoms with Crippen molar-refractivity contribution < 1.29 is 51.6 Å². The molecule has 297 valence electrons. The molecule has 2 nitrogen and oxygen atoms in total. The first-order valence-electron chi connectivity index (χ1n) is 22.0. The summed E-state index contributed by atoms with van der Waals surface area (Å²) >= 11 is 0. The molecule has 1 N–H and O–H groups in total. The largest absolute Gasteiger partial charge is 3.00 e. The molecule has 0 aromatic heterocycles. The van der Waals surface area contributed by atoms with Gasteiger partial charge in [0.25, 0.3) is 0 Å². The molecule has 0 aromatic carbocycles. The van der Waals surface area contributed by atoms with Gasteiger partial charge in [-0.25, -0.2) is 0 Å². The number of halogens is 2. The Morgan fingerprint density at radius 1 is 0.347 bits per heavy atom. The fourth-order valence-corrected chi connectivity index (χ4v) is 6.57. The molecule has 0 spiro atoms. The molecule has 0 saturated heterocycles. The normalized spacial score (nSPS) is 11.2. The van der Waals surface area contributed by atoms with Crippen molar-refractivity contribution in [3.05, 3.63) is 5.32 Å². The summed E-state index contributed by atoms with van der Waals surface area (Å²) in [5.74, 6) is 0.560. The van der Waals surface area contributed by atoms with E-state index < -0.39 is 0 Å². The molecule has 49 heavy (non-hydrogen) atoms. The van der Waals surface area contributed by atoms with Crippen LogP contribution in [0.2, 0.25) is 0 Å². The van der Waals surface area contributed by atoms with Crippen LogP contribution in [0.15, 0.2) is 0 Å². The maximum Gasteiger partial charge on any atom is 3.00 e. The number of aliphatic hydroxyl groups excluding tert-OH is 1. The van der Waals surface area contributed by atoms with Crippen LogP contribution < -0.4 is 24.8 Å². The van der Waals surface area contributed by atoms with E-state index in [1.54, 1.807) is 0 Å². The van der Waals surface area contributed by atoms with E-state index in [4.69, 9.17) is 10.4 Å². The van der Waals surface area contributed by atoms with Crippen LogP contribution in [-0.4, -0.2) is 24.8 Å². The maximum absolute atomic E-state index is 8.75. The van der Waals surface area contributed by atoms with Crippen LogP contribution in [0.4, 0.5) is 0 Å². The van der Waals surface area contributed by atoms with Gasteiger partial charge in [0.1, 0.15) is 0 Å². The average molecular weight is 770 g/mol. The number of aliphatic hydroxyl groups is 1. The predicted octanol–water partition coefficient (Wildman–Crippen LogP) is 10.1.